The Hall–Kier alpha value is -1.85. The first kappa shape index (κ1) is 14.7. The molecular formula is C17H18ClN3O2. The second-order valence-corrected chi connectivity index (χ2v) is 6.68. The van der Waals surface area contributed by atoms with Gasteiger partial charge in [0.05, 0.1) is 5.02 Å². The molecule has 2 aromatic rings. The fourth-order valence-electron chi connectivity index (χ4n) is 3.49. The fourth-order valence-corrected chi connectivity index (χ4v) is 3.60. The molecule has 1 amide bonds. The van der Waals surface area contributed by atoms with E-state index in [0.29, 0.717) is 28.2 Å². The number of halogens is 1. The van der Waals surface area contributed by atoms with Crippen LogP contribution in [0.1, 0.15) is 23.4 Å². The molecular weight excluding hydrogens is 314 g/mol. The summed E-state index contributed by atoms with van der Waals surface area (Å²) in [5.74, 6) is 1.34. The molecule has 1 atom stereocenters. The largest absolute Gasteiger partial charge is 0.449 e. The van der Waals surface area contributed by atoms with Crippen molar-refractivity contribution < 1.29 is 9.21 Å². The first-order valence-corrected chi connectivity index (χ1v) is 8.32. The third kappa shape index (κ3) is 2.99. The molecule has 5 heterocycles. The van der Waals surface area contributed by atoms with E-state index in [1.54, 1.807) is 30.5 Å². The molecule has 3 saturated heterocycles. The standard InChI is InChI=1S/C17H18ClN3O2/c18-12-1-2-13(19-9-12)15-3-4-16(23-15)17(22)20-14-10-21-7-5-11(14)6-8-21/h1-4,9,11,14H,5-8,10H2,(H,20,22). The van der Waals surface area contributed by atoms with E-state index in [-0.39, 0.29) is 11.9 Å². The molecule has 2 bridgehead atoms. The van der Waals surface area contributed by atoms with Gasteiger partial charge in [-0.25, -0.2) is 0 Å². The van der Waals surface area contributed by atoms with E-state index >= 15 is 0 Å². The smallest absolute Gasteiger partial charge is 0.287 e. The van der Waals surface area contributed by atoms with Crippen LogP contribution in [0.5, 0.6) is 0 Å². The fraction of sp³-hybridized carbons (Fsp3) is 0.412. The zero-order valence-corrected chi connectivity index (χ0v) is 13.4. The summed E-state index contributed by atoms with van der Waals surface area (Å²) < 4.78 is 5.66. The Bertz CT molecular complexity index is 705. The van der Waals surface area contributed by atoms with Crippen LogP contribution < -0.4 is 5.32 Å². The minimum absolute atomic E-state index is 0.149. The molecule has 0 aliphatic carbocycles. The summed E-state index contributed by atoms with van der Waals surface area (Å²) in [5.41, 5.74) is 0.663. The number of fused-ring (bicyclic) bond motifs is 3. The van der Waals surface area contributed by atoms with Gasteiger partial charge in [-0.2, -0.15) is 0 Å². The molecule has 3 fully saturated rings. The Labute approximate surface area is 139 Å². The van der Waals surface area contributed by atoms with Crippen LogP contribution in [0, 0.1) is 5.92 Å². The number of carbonyl (C=O) groups excluding carboxylic acids is 1. The average molecular weight is 332 g/mol. The number of aromatic nitrogens is 1. The van der Waals surface area contributed by atoms with E-state index in [2.05, 4.69) is 15.2 Å². The Kier molecular flexibility index (Phi) is 3.83. The topological polar surface area (TPSA) is 58.4 Å². The number of nitrogens with zero attached hydrogens (tertiary/aromatic N) is 2. The molecule has 0 saturated carbocycles. The molecule has 5 rings (SSSR count). The van der Waals surface area contributed by atoms with Crippen LogP contribution in [0.15, 0.2) is 34.9 Å². The number of piperidine rings is 3. The van der Waals surface area contributed by atoms with Gasteiger partial charge < -0.3 is 14.6 Å². The van der Waals surface area contributed by atoms with Gasteiger partial charge in [-0.3, -0.25) is 9.78 Å². The van der Waals surface area contributed by atoms with Crippen molar-refractivity contribution in [1.82, 2.24) is 15.2 Å². The molecule has 0 spiro atoms. The predicted octanol–water partition coefficient (Wildman–Crippen LogP) is 2.82. The van der Waals surface area contributed by atoms with Gasteiger partial charge >= 0.3 is 0 Å². The normalized spacial score (nSPS) is 26.2. The Morgan fingerprint density at radius 3 is 2.74 bits per heavy atom. The third-order valence-corrected chi connectivity index (χ3v) is 5.01. The summed E-state index contributed by atoms with van der Waals surface area (Å²) in [5, 5.41) is 3.69. The van der Waals surface area contributed by atoms with Crippen LogP contribution >= 0.6 is 11.6 Å². The van der Waals surface area contributed by atoms with E-state index in [9.17, 15) is 4.79 Å². The van der Waals surface area contributed by atoms with Crippen LogP contribution in [0.4, 0.5) is 0 Å². The number of pyridine rings is 1. The molecule has 3 aliphatic heterocycles. The first-order chi connectivity index (χ1) is 11.2. The SMILES string of the molecule is O=C(NC1CN2CCC1CC2)c1ccc(-c2ccc(Cl)cn2)o1. The molecule has 6 heteroatoms. The minimum atomic E-state index is -0.149. The van der Waals surface area contributed by atoms with E-state index in [1.165, 1.54) is 12.8 Å². The van der Waals surface area contributed by atoms with Gasteiger partial charge in [0.15, 0.2) is 11.5 Å². The van der Waals surface area contributed by atoms with E-state index in [1.807, 2.05) is 0 Å². The van der Waals surface area contributed by atoms with Crippen molar-refractivity contribution >= 4 is 17.5 Å². The molecule has 120 valence electrons. The highest BCUT2D eigenvalue weighted by molar-refractivity contribution is 6.30. The van der Waals surface area contributed by atoms with Gasteiger partial charge in [0.1, 0.15) is 5.69 Å². The van der Waals surface area contributed by atoms with Crippen molar-refractivity contribution in [1.29, 1.82) is 0 Å². The Morgan fingerprint density at radius 1 is 1.26 bits per heavy atom. The molecule has 5 nitrogen and oxygen atoms in total. The lowest BCUT2D eigenvalue weighted by Gasteiger charge is -2.44. The number of hydrogen-bond donors (Lipinski definition) is 1. The number of hydrogen-bond acceptors (Lipinski definition) is 4. The van der Waals surface area contributed by atoms with Crippen molar-refractivity contribution in [3.63, 3.8) is 0 Å². The van der Waals surface area contributed by atoms with Gasteiger partial charge in [-0.15, -0.1) is 0 Å². The van der Waals surface area contributed by atoms with Gasteiger partial charge in [-0.1, -0.05) is 11.6 Å². The van der Waals surface area contributed by atoms with Gasteiger partial charge in [0.25, 0.3) is 5.91 Å². The molecule has 0 radical (unpaired) electrons. The molecule has 1 N–H and O–H groups in total. The highest BCUT2D eigenvalue weighted by atomic mass is 35.5. The van der Waals surface area contributed by atoms with E-state index in [0.717, 1.165) is 19.6 Å². The summed E-state index contributed by atoms with van der Waals surface area (Å²) >= 11 is 5.83. The lowest BCUT2D eigenvalue weighted by molar-refractivity contribution is 0.0606. The van der Waals surface area contributed by atoms with Crippen molar-refractivity contribution in [2.75, 3.05) is 19.6 Å². The number of nitrogens with one attached hydrogen (secondary N) is 1. The third-order valence-electron chi connectivity index (χ3n) is 4.78. The maximum atomic E-state index is 12.4. The highest BCUT2D eigenvalue weighted by Crippen LogP contribution is 2.28. The van der Waals surface area contributed by atoms with Crippen molar-refractivity contribution in [2.45, 2.75) is 18.9 Å². The summed E-state index contributed by atoms with van der Waals surface area (Å²) in [7, 11) is 0. The maximum Gasteiger partial charge on any atom is 0.287 e. The average Bonchev–Trinajstić information content (AvgIpc) is 3.07. The highest BCUT2D eigenvalue weighted by Gasteiger charge is 2.35. The summed E-state index contributed by atoms with van der Waals surface area (Å²) in [6.07, 6.45) is 3.90. The first-order valence-electron chi connectivity index (χ1n) is 7.94. The zero-order valence-electron chi connectivity index (χ0n) is 12.7. The quantitative estimate of drug-likeness (QED) is 0.939. The van der Waals surface area contributed by atoms with Crippen LogP contribution in [0.2, 0.25) is 5.02 Å². The predicted molar refractivity (Wildman–Crippen MR) is 87.4 cm³/mol. The molecule has 0 aromatic carbocycles. The van der Waals surface area contributed by atoms with Crippen molar-refractivity contribution in [3.8, 4) is 11.5 Å². The maximum absolute atomic E-state index is 12.4. The van der Waals surface area contributed by atoms with Gasteiger partial charge in [0.2, 0.25) is 0 Å². The summed E-state index contributed by atoms with van der Waals surface area (Å²) in [4.78, 5) is 19.0. The van der Waals surface area contributed by atoms with Crippen molar-refractivity contribution in [2.24, 2.45) is 5.92 Å². The Balaban J connectivity index is 1.46. The second kappa shape index (κ2) is 5.98. The number of rotatable bonds is 3. The van der Waals surface area contributed by atoms with Crippen LogP contribution in [-0.4, -0.2) is 41.5 Å². The summed E-state index contributed by atoms with van der Waals surface area (Å²) in [6.45, 7) is 3.26. The second-order valence-electron chi connectivity index (χ2n) is 6.24. The number of amides is 1. The molecule has 1 unspecified atom stereocenters. The number of carbonyl (C=O) groups is 1. The van der Waals surface area contributed by atoms with Crippen LogP contribution in [-0.2, 0) is 0 Å². The van der Waals surface area contributed by atoms with E-state index in [4.69, 9.17) is 16.0 Å². The zero-order chi connectivity index (χ0) is 15.8. The van der Waals surface area contributed by atoms with Crippen LogP contribution in [0.25, 0.3) is 11.5 Å². The Morgan fingerprint density at radius 2 is 2.09 bits per heavy atom. The van der Waals surface area contributed by atoms with Crippen molar-refractivity contribution in [3.05, 3.63) is 41.2 Å². The molecule has 3 aliphatic rings. The number of furan rings is 1. The monoisotopic (exact) mass is 331 g/mol. The van der Waals surface area contributed by atoms with Gasteiger partial charge in [0, 0.05) is 18.8 Å². The van der Waals surface area contributed by atoms with E-state index < -0.39 is 0 Å². The molecule has 2 aromatic heterocycles. The van der Waals surface area contributed by atoms with Crippen LogP contribution in [0.3, 0.4) is 0 Å². The minimum Gasteiger partial charge on any atom is -0.449 e. The van der Waals surface area contributed by atoms with Gasteiger partial charge in [-0.05, 0) is 56.1 Å². The lowest BCUT2D eigenvalue weighted by Crippen LogP contribution is -2.57. The lowest BCUT2D eigenvalue weighted by atomic mass is 9.84. The summed E-state index contributed by atoms with van der Waals surface area (Å²) in [6, 6.07) is 7.21. The molecule has 23 heavy (non-hydrogen) atoms.